The minimum absolute atomic E-state index is 0.0358. The number of aryl methyl sites for hydroxylation is 2. The largest absolute Gasteiger partial charge is 0.384 e. The third kappa shape index (κ3) is 5.08. The van der Waals surface area contributed by atoms with Crippen molar-refractivity contribution >= 4 is 23.2 Å². The summed E-state index contributed by atoms with van der Waals surface area (Å²) in [6.07, 6.45) is 0.428. The third-order valence-electron chi connectivity index (χ3n) is 3.44. The van der Waals surface area contributed by atoms with Gasteiger partial charge in [0.15, 0.2) is 0 Å². The molecule has 2 aromatic rings. The van der Waals surface area contributed by atoms with Crippen molar-refractivity contribution in [1.29, 1.82) is 0 Å². The number of hydrogen-bond donors (Lipinski definition) is 2. The lowest BCUT2D eigenvalue weighted by atomic mass is 10.1. The Kier molecular flexibility index (Phi) is 5.84. The molecule has 0 saturated carbocycles. The average molecular weight is 317 g/mol. The molecule has 0 aromatic heterocycles. The summed E-state index contributed by atoms with van der Waals surface area (Å²) in [5.41, 5.74) is 4.40. The smallest absolute Gasteiger partial charge is 0.222 e. The van der Waals surface area contributed by atoms with Crippen molar-refractivity contribution in [2.24, 2.45) is 0 Å². The normalized spacial score (nSPS) is 10.3. The number of carbonyl (C=O) groups is 1. The maximum atomic E-state index is 11.9. The molecule has 2 rings (SSSR count). The number of benzene rings is 2. The van der Waals surface area contributed by atoms with Crippen molar-refractivity contribution in [2.75, 3.05) is 11.9 Å². The predicted octanol–water partition coefficient (Wildman–Crippen LogP) is 4.08. The summed E-state index contributed by atoms with van der Waals surface area (Å²) < 4.78 is 0. The zero-order valence-corrected chi connectivity index (χ0v) is 13.7. The summed E-state index contributed by atoms with van der Waals surface area (Å²) in [5.74, 6) is 0.0358. The van der Waals surface area contributed by atoms with E-state index in [1.807, 2.05) is 50.2 Å². The summed E-state index contributed by atoms with van der Waals surface area (Å²) in [5, 5.41) is 6.87. The second kappa shape index (κ2) is 7.85. The molecule has 0 aliphatic heterocycles. The molecule has 0 fully saturated rings. The Hall–Kier alpha value is -2.00. The first-order chi connectivity index (χ1) is 10.5. The van der Waals surface area contributed by atoms with Gasteiger partial charge in [0.25, 0.3) is 0 Å². The lowest BCUT2D eigenvalue weighted by Gasteiger charge is -2.10. The van der Waals surface area contributed by atoms with Crippen LogP contribution in [0.2, 0.25) is 5.02 Å². The number of rotatable bonds is 6. The summed E-state index contributed by atoms with van der Waals surface area (Å²) >= 11 is 5.97. The Labute approximate surface area is 136 Å². The molecule has 0 heterocycles. The molecule has 2 N–H and O–H groups in total. The maximum Gasteiger partial charge on any atom is 0.222 e. The minimum atomic E-state index is 0.0358. The van der Waals surface area contributed by atoms with E-state index in [4.69, 9.17) is 11.6 Å². The highest BCUT2D eigenvalue weighted by Crippen LogP contribution is 2.19. The van der Waals surface area contributed by atoms with Crippen LogP contribution in [0.25, 0.3) is 0 Å². The van der Waals surface area contributed by atoms with Crippen molar-refractivity contribution in [1.82, 2.24) is 5.32 Å². The van der Waals surface area contributed by atoms with Crippen molar-refractivity contribution in [2.45, 2.75) is 26.8 Å². The lowest BCUT2D eigenvalue weighted by Crippen LogP contribution is -2.25. The average Bonchev–Trinajstić information content (AvgIpc) is 2.49. The molecule has 2 aromatic carbocycles. The van der Waals surface area contributed by atoms with Crippen LogP contribution in [0, 0.1) is 13.8 Å². The van der Waals surface area contributed by atoms with Crippen molar-refractivity contribution in [3.05, 3.63) is 64.2 Å². The SMILES string of the molecule is Cc1cccc(CNC(=O)CCNc2cc(Cl)ccc2C)c1. The highest BCUT2D eigenvalue weighted by Gasteiger charge is 2.03. The number of nitrogens with one attached hydrogen (secondary N) is 2. The quantitative estimate of drug-likeness (QED) is 0.843. The lowest BCUT2D eigenvalue weighted by molar-refractivity contribution is -0.121. The zero-order chi connectivity index (χ0) is 15.9. The van der Waals surface area contributed by atoms with E-state index in [1.54, 1.807) is 0 Å². The van der Waals surface area contributed by atoms with Gasteiger partial charge in [0.2, 0.25) is 5.91 Å². The van der Waals surface area contributed by atoms with Crippen LogP contribution >= 0.6 is 11.6 Å². The molecule has 4 heteroatoms. The second-order valence-corrected chi connectivity index (χ2v) is 5.84. The first-order valence-corrected chi connectivity index (χ1v) is 7.74. The molecular formula is C18H21ClN2O. The highest BCUT2D eigenvalue weighted by atomic mass is 35.5. The number of hydrogen-bond acceptors (Lipinski definition) is 2. The van der Waals surface area contributed by atoms with Gasteiger partial charge in [-0.2, -0.15) is 0 Å². The van der Waals surface area contributed by atoms with Crippen LogP contribution in [0.1, 0.15) is 23.1 Å². The molecule has 1 amide bonds. The minimum Gasteiger partial charge on any atom is -0.384 e. The monoisotopic (exact) mass is 316 g/mol. The van der Waals surface area contributed by atoms with Gasteiger partial charge in [-0.1, -0.05) is 47.5 Å². The fraction of sp³-hybridized carbons (Fsp3) is 0.278. The van der Waals surface area contributed by atoms with E-state index >= 15 is 0 Å². The van der Waals surface area contributed by atoms with E-state index in [0.717, 1.165) is 16.8 Å². The van der Waals surface area contributed by atoms with Crippen LogP contribution in [0.15, 0.2) is 42.5 Å². The molecule has 0 saturated heterocycles. The maximum absolute atomic E-state index is 11.9. The van der Waals surface area contributed by atoms with Gasteiger partial charge >= 0.3 is 0 Å². The van der Waals surface area contributed by atoms with Crippen molar-refractivity contribution in [3.8, 4) is 0 Å². The molecule has 116 valence electrons. The second-order valence-electron chi connectivity index (χ2n) is 5.40. The Morgan fingerprint density at radius 1 is 1.14 bits per heavy atom. The van der Waals surface area contributed by atoms with Gasteiger partial charge in [0.1, 0.15) is 0 Å². The molecule has 0 atom stereocenters. The summed E-state index contributed by atoms with van der Waals surface area (Å²) in [6, 6.07) is 13.8. The number of carbonyl (C=O) groups excluding carboxylic acids is 1. The zero-order valence-electron chi connectivity index (χ0n) is 12.9. The van der Waals surface area contributed by atoms with Gasteiger partial charge in [0.05, 0.1) is 0 Å². The third-order valence-corrected chi connectivity index (χ3v) is 3.67. The van der Waals surface area contributed by atoms with E-state index in [9.17, 15) is 4.79 Å². The Morgan fingerprint density at radius 2 is 1.95 bits per heavy atom. The van der Waals surface area contributed by atoms with Crippen molar-refractivity contribution in [3.63, 3.8) is 0 Å². The van der Waals surface area contributed by atoms with Gasteiger partial charge in [0, 0.05) is 30.2 Å². The van der Waals surface area contributed by atoms with Crippen LogP contribution in [-0.4, -0.2) is 12.5 Å². The first kappa shape index (κ1) is 16.4. The predicted molar refractivity (Wildman–Crippen MR) is 92.3 cm³/mol. The Bertz CT molecular complexity index is 655. The first-order valence-electron chi connectivity index (χ1n) is 7.37. The Balaban J connectivity index is 1.75. The van der Waals surface area contributed by atoms with Gasteiger partial charge in [-0.25, -0.2) is 0 Å². The fourth-order valence-electron chi connectivity index (χ4n) is 2.21. The molecule has 0 aliphatic rings. The number of halogens is 1. The fourth-order valence-corrected chi connectivity index (χ4v) is 2.38. The van der Waals surface area contributed by atoms with Crippen LogP contribution in [0.3, 0.4) is 0 Å². The summed E-state index contributed by atoms with van der Waals surface area (Å²) in [6.45, 7) is 5.20. The highest BCUT2D eigenvalue weighted by molar-refractivity contribution is 6.30. The summed E-state index contributed by atoms with van der Waals surface area (Å²) in [7, 11) is 0. The molecule has 22 heavy (non-hydrogen) atoms. The molecule has 0 unspecified atom stereocenters. The van der Waals surface area contributed by atoms with Gasteiger partial charge < -0.3 is 10.6 Å². The molecule has 3 nitrogen and oxygen atoms in total. The van der Waals surface area contributed by atoms with E-state index < -0.39 is 0 Å². The van der Waals surface area contributed by atoms with E-state index in [-0.39, 0.29) is 5.91 Å². The van der Waals surface area contributed by atoms with E-state index in [0.29, 0.717) is 24.5 Å². The van der Waals surface area contributed by atoms with Crippen LogP contribution in [0.4, 0.5) is 5.69 Å². The van der Waals surface area contributed by atoms with Gasteiger partial charge in [-0.15, -0.1) is 0 Å². The van der Waals surface area contributed by atoms with E-state index in [2.05, 4.69) is 16.7 Å². The van der Waals surface area contributed by atoms with Gasteiger partial charge in [-0.3, -0.25) is 4.79 Å². The topological polar surface area (TPSA) is 41.1 Å². The van der Waals surface area contributed by atoms with Gasteiger partial charge in [-0.05, 0) is 37.1 Å². The molecule has 0 spiro atoms. The summed E-state index contributed by atoms with van der Waals surface area (Å²) in [4.78, 5) is 11.9. The van der Waals surface area contributed by atoms with Crippen LogP contribution in [-0.2, 0) is 11.3 Å². The molecule has 0 bridgehead atoms. The van der Waals surface area contributed by atoms with E-state index in [1.165, 1.54) is 5.56 Å². The molecule has 0 radical (unpaired) electrons. The Morgan fingerprint density at radius 3 is 2.73 bits per heavy atom. The number of anilines is 1. The molecule has 0 aliphatic carbocycles. The number of amides is 1. The van der Waals surface area contributed by atoms with Crippen LogP contribution < -0.4 is 10.6 Å². The molecular weight excluding hydrogens is 296 g/mol. The standard InChI is InChI=1S/C18H21ClN2O/c1-13-4-3-5-15(10-13)12-21-18(22)8-9-20-17-11-16(19)7-6-14(17)2/h3-7,10-11,20H,8-9,12H2,1-2H3,(H,21,22). The van der Waals surface area contributed by atoms with Crippen molar-refractivity contribution < 1.29 is 4.79 Å². The van der Waals surface area contributed by atoms with Crippen LogP contribution in [0.5, 0.6) is 0 Å².